The van der Waals surface area contributed by atoms with Crippen LogP contribution in [0.2, 0.25) is 5.15 Å². The van der Waals surface area contributed by atoms with E-state index in [2.05, 4.69) is 4.98 Å². The average molecular weight is 178 g/mol. The molecule has 0 saturated carbocycles. The van der Waals surface area contributed by atoms with Gasteiger partial charge in [0.2, 0.25) is 0 Å². The van der Waals surface area contributed by atoms with Gasteiger partial charge in [-0.3, -0.25) is 0 Å². The predicted molar refractivity (Wildman–Crippen MR) is 47.7 cm³/mol. The van der Waals surface area contributed by atoms with E-state index in [1.807, 2.05) is 0 Å². The van der Waals surface area contributed by atoms with Gasteiger partial charge in [-0.15, -0.1) is 0 Å². The van der Waals surface area contributed by atoms with Crippen molar-refractivity contribution in [3.63, 3.8) is 0 Å². The molecule has 0 amide bonds. The van der Waals surface area contributed by atoms with E-state index in [-0.39, 0.29) is 10.8 Å². The van der Waals surface area contributed by atoms with Crippen LogP contribution < -0.4 is 5.73 Å². The molecule has 0 radical (unpaired) electrons. The fourth-order valence-electron chi connectivity index (χ4n) is 0.645. The minimum Gasteiger partial charge on any atom is -0.399 e. The largest absolute Gasteiger partial charge is 0.399 e. The van der Waals surface area contributed by atoms with E-state index < -0.39 is 25.3 Å². The third-order valence-corrected chi connectivity index (χ3v) is 1.20. The van der Waals surface area contributed by atoms with Gasteiger partial charge < -0.3 is 5.73 Å². The molecular formula is C8H11ClN2. The quantitative estimate of drug-likeness (QED) is 0.704. The molecule has 1 heterocycles. The Bertz CT molecular complexity index is 437. The molecule has 3 heteroatoms. The van der Waals surface area contributed by atoms with Crippen molar-refractivity contribution in [2.75, 3.05) is 5.73 Å². The molecule has 0 unspecified atom stereocenters. The number of anilines is 1. The van der Waals surface area contributed by atoms with Gasteiger partial charge in [-0.25, -0.2) is 4.98 Å². The molecule has 1 aromatic rings. The second kappa shape index (κ2) is 3.58. The van der Waals surface area contributed by atoms with Crippen LogP contribution in [0, 0.1) is 0 Å². The Labute approximate surface area is 81.2 Å². The van der Waals surface area contributed by atoms with Gasteiger partial charge in [0.1, 0.15) is 5.15 Å². The maximum Gasteiger partial charge on any atom is 0.131 e. The van der Waals surface area contributed by atoms with Gasteiger partial charge in [0.25, 0.3) is 0 Å². The summed E-state index contributed by atoms with van der Waals surface area (Å²) in [5.74, 6) is 0. The molecule has 0 aliphatic heterocycles. The topological polar surface area (TPSA) is 38.9 Å². The normalized spacial score (nSPS) is 23.2. The summed E-state index contributed by atoms with van der Waals surface area (Å²) in [6, 6.07) is 2.32. The van der Waals surface area contributed by atoms with E-state index in [9.17, 15) is 0 Å². The van der Waals surface area contributed by atoms with E-state index in [4.69, 9.17) is 26.9 Å². The van der Waals surface area contributed by atoms with Gasteiger partial charge >= 0.3 is 0 Å². The number of hydrogen-bond donors (Lipinski definition) is 1. The van der Waals surface area contributed by atoms with Crippen molar-refractivity contribution in [2.45, 2.75) is 19.6 Å². The van der Waals surface area contributed by atoms with Crippen LogP contribution in [0.3, 0.4) is 0 Å². The van der Waals surface area contributed by atoms with Crippen LogP contribution in [0.5, 0.6) is 0 Å². The first-order valence-corrected chi connectivity index (χ1v) is 3.21. The van der Waals surface area contributed by atoms with Gasteiger partial charge in [0.05, 0.1) is 0 Å². The lowest BCUT2D eigenvalue weighted by molar-refractivity contribution is 0.883. The molecule has 11 heavy (non-hydrogen) atoms. The Balaban J connectivity index is 3.37. The Morgan fingerprint density at radius 2 is 2.64 bits per heavy atom. The van der Waals surface area contributed by atoms with Crippen molar-refractivity contribution in [3.8, 4) is 0 Å². The van der Waals surface area contributed by atoms with Crippen molar-refractivity contribution in [3.05, 3.63) is 23.0 Å². The summed E-state index contributed by atoms with van der Waals surface area (Å²) in [4.78, 5) is 3.61. The van der Waals surface area contributed by atoms with Crippen molar-refractivity contribution >= 4 is 17.3 Å². The lowest BCUT2D eigenvalue weighted by Crippen LogP contribution is -1.93. The van der Waals surface area contributed by atoms with E-state index in [0.29, 0.717) is 0 Å². The van der Waals surface area contributed by atoms with Crippen LogP contribution in [0.1, 0.15) is 28.5 Å². The highest BCUT2D eigenvalue weighted by Gasteiger charge is 1.96. The second-order valence-electron chi connectivity index (χ2n) is 1.86. The Hall–Kier alpha value is -0.760. The van der Waals surface area contributed by atoms with Gasteiger partial charge in [0, 0.05) is 21.0 Å². The third-order valence-electron chi connectivity index (χ3n) is 1.01. The number of pyridine rings is 1. The monoisotopic (exact) mass is 177 g/mol. The number of rotatable bonds is 2. The number of aromatic nitrogens is 1. The van der Waals surface area contributed by atoms with Crippen LogP contribution in [0.15, 0.2) is 12.1 Å². The number of halogens is 1. The average Bonchev–Trinajstić information content (AvgIpc) is 2.13. The summed E-state index contributed by atoms with van der Waals surface area (Å²) in [5.41, 5.74) is 5.08. The van der Waals surface area contributed by atoms with E-state index in [0.717, 1.165) is 6.07 Å². The molecule has 0 aliphatic carbocycles. The molecule has 0 atom stereocenters. The van der Waals surface area contributed by atoms with Crippen molar-refractivity contribution in [1.82, 2.24) is 4.98 Å². The van der Waals surface area contributed by atoms with Crippen molar-refractivity contribution in [1.29, 1.82) is 0 Å². The van der Waals surface area contributed by atoms with Crippen LogP contribution in [-0.4, -0.2) is 4.98 Å². The molecule has 60 valence electrons. The van der Waals surface area contributed by atoms with Crippen LogP contribution in [-0.2, 0) is 6.37 Å². The van der Waals surface area contributed by atoms with E-state index in [1.165, 1.54) is 6.07 Å². The molecule has 1 rings (SSSR count). The minimum atomic E-state index is -3.14. The summed E-state index contributed by atoms with van der Waals surface area (Å²) in [5, 5.41) is -0.129. The number of nitrogens with zero attached hydrogens (tertiary/aromatic N) is 1. The third kappa shape index (κ3) is 2.39. The van der Waals surface area contributed by atoms with Crippen LogP contribution in [0.4, 0.5) is 5.69 Å². The molecule has 2 N–H and O–H groups in total. The molecule has 0 saturated heterocycles. The Kier molecular flexibility index (Phi) is 0.957. The zero-order valence-corrected chi connectivity index (χ0v) is 6.31. The predicted octanol–water partition coefficient (Wildman–Crippen LogP) is 2.27. The minimum absolute atomic E-state index is 0.0789. The summed E-state index contributed by atoms with van der Waals surface area (Å²) in [6.07, 6.45) is -5.97. The molecule has 0 fully saturated rings. The maximum atomic E-state index is 7.67. The maximum absolute atomic E-state index is 7.67. The number of hydrogen-bond acceptors (Lipinski definition) is 2. The van der Waals surface area contributed by atoms with Crippen LogP contribution in [0.25, 0.3) is 0 Å². The standard InChI is InChI=1S/C8H11ClN2/c1-2-3-7-4-6(10)5-8(9)11-7/h4-5H,2-3H2,1H3,(H2,10,11)/i1D3,2D2,3D2. The summed E-state index contributed by atoms with van der Waals surface area (Å²) >= 11 is 5.60. The summed E-state index contributed by atoms with van der Waals surface area (Å²) in [7, 11) is 0. The van der Waals surface area contributed by atoms with Gasteiger partial charge in [-0.05, 0) is 18.5 Å². The van der Waals surface area contributed by atoms with Gasteiger partial charge in [-0.1, -0.05) is 24.8 Å². The summed E-state index contributed by atoms with van der Waals surface area (Å²) < 4.78 is 51.5. The highest BCUT2D eigenvalue weighted by Crippen LogP contribution is 2.12. The highest BCUT2D eigenvalue weighted by atomic mass is 35.5. The SMILES string of the molecule is [2H]C([2H])([2H])C([2H])([2H])C([2H])([2H])c1cc(N)cc(Cl)n1. The zero-order chi connectivity index (χ0) is 14.4. The number of aryl methyl sites for hydroxylation is 1. The fraction of sp³-hybridized carbons (Fsp3) is 0.375. The zero-order valence-electron chi connectivity index (χ0n) is 12.6. The van der Waals surface area contributed by atoms with Crippen molar-refractivity contribution < 1.29 is 9.60 Å². The molecule has 0 spiro atoms. The number of nitrogens with two attached hydrogens (primary N) is 1. The lowest BCUT2D eigenvalue weighted by Gasteiger charge is -1.99. The van der Waals surface area contributed by atoms with Gasteiger partial charge in [-0.2, -0.15) is 0 Å². The first-order valence-electron chi connectivity index (χ1n) is 6.33. The van der Waals surface area contributed by atoms with E-state index >= 15 is 0 Å². The van der Waals surface area contributed by atoms with Crippen molar-refractivity contribution in [2.24, 2.45) is 0 Å². The molecule has 0 aliphatic rings. The van der Waals surface area contributed by atoms with Crippen LogP contribution >= 0.6 is 11.6 Å². The molecule has 0 bridgehead atoms. The Morgan fingerprint density at radius 3 is 3.27 bits per heavy atom. The second-order valence-corrected chi connectivity index (χ2v) is 2.25. The molecule has 2 nitrogen and oxygen atoms in total. The lowest BCUT2D eigenvalue weighted by atomic mass is 10.2. The Morgan fingerprint density at radius 1 is 1.82 bits per heavy atom. The highest BCUT2D eigenvalue weighted by molar-refractivity contribution is 6.29. The molecule has 1 aromatic heterocycles. The fourth-order valence-corrected chi connectivity index (χ4v) is 0.862. The molecular weight excluding hydrogens is 160 g/mol. The summed E-state index contributed by atoms with van der Waals surface area (Å²) in [6.45, 7) is -3.14. The first-order chi connectivity index (χ1) is 7.89. The smallest absolute Gasteiger partial charge is 0.131 e. The van der Waals surface area contributed by atoms with Gasteiger partial charge in [0.15, 0.2) is 0 Å². The number of nitrogen functional groups attached to an aromatic ring is 1. The first kappa shape index (κ1) is 2.94. The van der Waals surface area contributed by atoms with E-state index in [1.54, 1.807) is 0 Å². The molecule has 0 aromatic carbocycles.